The van der Waals surface area contributed by atoms with Gasteiger partial charge in [0.1, 0.15) is 0 Å². The van der Waals surface area contributed by atoms with Crippen molar-refractivity contribution in [3.8, 4) is 0 Å². The molecule has 0 spiro atoms. The van der Waals surface area contributed by atoms with Crippen molar-refractivity contribution in [2.24, 2.45) is 4.99 Å². The second-order valence-corrected chi connectivity index (χ2v) is 7.23. The van der Waals surface area contributed by atoms with Crippen LogP contribution in [-0.4, -0.2) is 44.2 Å². The summed E-state index contributed by atoms with van der Waals surface area (Å²) in [6, 6.07) is 7.68. The standard InChI is InChI=1S/C22H36N4O2/c1-3-5-6-7-13-24-22(23-4-2)26-16-18-10-8-11-19(15-18)21(27)25-17-20-12-9-14-28-20/h8,10-11,15,20H,3-7,9,12-14,16-17H2,1-2H3,(H,25,27)(H2,23,24,26). The maximum Gasteiger partial charge on any atom is 0.251 e. The molecule has 1 aliphatic heterocycles. The molecule has 1 heterocycles. The molecule has 156 valence electrons. The topological polar surface area (TPSA) is 74.8 Å². The van der Waals surface area contributed by atoms with Gasteiger partial charge in [-0.1, -0.05) is 38.3 Å². The third-order valence-electron chi connectivity index (χ3n) is 4.79. The summed E-state index contributed by atoms with van der Waals surface area (Å²) in [5.74, 6) is 0.773. The predicted octanol–water partition coefficient (Wildman–Crippen LogP) is 3.23. The molecule has 0 aliphatic carbocycles. The number of guanidine groups is 1. The average Bonchev–Trinajstić information content (AvgIpc) is 3.24. The quantitative estimate of drug-likeness (QED) is 0.309. The highest BCUT2D eigenvalue weighted by Gasteiger charge is 2.16. The van der Waals surface area contributed by atoms with Crippen LogP contribution in [0.4, 0.5) is 0 Å². The minimum absolute atomic E-state index is 0.0534. The fraction of sp³-hybridized carbons (Fsp3) is 0.636. The van der Waals surface area contributed by atoms with Gasteiger partial charge in [0.15, 0.2) is 5.96 Å². The van der Waals surface area contributed by atoms with Crippen LogP contribution >= 0.6 is 0 Å². The molecule has 1 fully saturated rings. The first-order valence-electron chi connectivity index (χ1n) is 10.7. The SMILES string of the molecule is CCCCCCNC(=NCc1cccc(C(=O)NCC2CCCO2)c1)NCC. The number of ether oxygens (including phenoxy) is 1. The van der Waals surface area contributed by atoms with Crippen molar-refractivity contribution in [3.63, 3.8) is 0 Å². The minimum atomic E-state index is -0.0534. The lowest BCUT2D eigenvalue weighted by atomic mass is 10.1. The van der Waals surface area contributed by atoms with E-state index in [0.29, 0.717) is 18.7 Å². The van der Waals surface area contributed by atoms with Crippen molar-refractivity contribution >= 4 is 11.9 Å². The van der Waals surface area contributed by atoms with E-state index in [0.717, 1.165) is 50.5 Å². The highest BCUT2D eigenvalue weighted by Crippen LogP contribution is 2.11. The van der Waals surface area contributed by atoms with Crippen molar-refractivity contribution in [1.29, 1.82) is 0 Å². The smallest absolute Gasteiger partial charge is 0.251 e. The van der Waals surface area contributed by atoms with Crippen molar-refractivity contribution in [3.05, 3.63) is 35.4 Å². The van der Waals surface area contributed by atoms with E-state index >= 15 is 0 Å². The zero-order chi connectivity index (χ0) is 20.0. The summed E-state index contributed by atoms with van der Waals surface area (Å²) in [4.78, 5) is 17.0. The van der Waals surface area contributed by atoms with E-state index < -0.39 is 0 Å². The number of aliphatic imine (C=N–C) groups is 1. The summed E-state index contributed by atoms with van der Waals surface area (Å²) in [7, 11) is 0. The molecule has 1 unspecified atom stereocenters. The number of carbonyl (C=O) groups is 1. The number of rotatable bonds is 11. The first kappa shape index (κ1) is 22.2. The third-order valence-corrected chi connectivity index (χ3v) is 4.79. The molecule has 1 aliphatic rings. The summed E-state index contributed by atoms with van der Waals surface area (Å²) < 4.78 is 5.56. The van der Waals surface area contributed by atoms with Gasteiger partial charge in [-0.25, -0.2) is 4.99 Å². The first-order chi connectivity index (χ1) is 13.7. The van der Waals surface area contributed by atoms with Crippen LogP contribution in [0.15, 0.2) is 29.3 Å². The molecule has 0 saturated carbocycles. The van der Waals surface area contributed by atoms with Gasteiger partial charge in [-0.15, -0.1) is 0 Å². The Labute approximate surface area is 169 Å². The van der Waals surface area contributed by atoms with E-state index in [1.165, 1.54) is 19.3 Å². The third kappa shape index (κ3) is 8.30. The van der Waals surface area contributed by atoms with Gasteiger partial charge in [-0.05, 0) is 43.9 Å². The van der Waals surface area contributed by atoms with Gasteiger partial charge in [0.2, 0.25) is 0 Å². The van der Waals surface area contributed by atoms with E-state index in [4.69, 9.17) is 4.74 Å². The zero-order valence-corrected chi connectivity index (χ0v) is 17.4. The molecule has 2 rings (SSSR count). The fourth-order valence-electron chi connectivity index (χ4n) is 3.20. The Morgan fingerprint density at radius 3 is 2.82 bits per heavy atom. The Bertz CT molecular complexity index is 612. The Hall–Kier alpha value is -2.08. The van der Waals surface area contributed by atoms with Crippen LogP contribution in [0.5, 0.6) is 0 Å². The Balaban J connectivity index is 1.84. The predicted molar refractivity (Wildman–Crippen MR) is 115 cm³/mol. The van der Waals surface area contributed by atoms with Gasteiger partial charge < -0.3 is 20.7 Å². The number of carbonyl (C=O) groups excluding carboxylic acids is 1. The molecular formula is C22H36N4O2. The van der Waals surface area contributed by atoms with Crippen LogP contribution in [0.25, 0.3) is 0 Å². The lowest BCUT2D eigenvalue weighted by Crippen LogP contribution is -2.37. The van der Waals surface area contributed by atoms with Crippen molar-refractivity contribution < 1.29 is 9.53 Å². The normalized spacial score (nSPS) is 16.8. The minimum Gasteiger partial charge on any atom is -0.376 e. The molecule has 1 aromatic carbocycles. The fourth-order valence-corrected chi connectivity index (χ4v) is 3.20. The molecule has 1 saturated heterocycles. The van der Waals surface area contributed by atoms with Gasteiger partial charge in [-0.2, -0.15) is 0 Å². The Morgan fingerprint density at radius 1 is 1.18 bits per heavy atom. The molecule has 6 nitrogen and oxygen atoms in total. The van der Waals surface area contributed by atoms with Crippen molar-refractivity contribution in [2.45, 2.75) is 65.0 Å². The number of amides is 1. The van der Waals surface area contributed by atoms with Crippen molar-refractivity contribution in [1.82, 2.24) is 16.0 Å². The summed E-state index contributed by atoms with van der Waals surface area (Å²) in [5, 5.41) is 9.64. The lowest BCUT2D eigenvalue weighted by Gasteiger charge is -2.12. The van der Waals surface area contributed by atoms with E-state index in [1.54, 1.807) is 0 Å². The number of nitrogens with zero attached hydrogens (tertiary/aromatic N) is 1. The molecule has 1 amide bonds. The largest absolute Gasteiger partial charge is 0.376 e. The maximum absolute atomic E-state index is 12.4. The van der Waals surface area contributed by atoms with E-state index in [9.17, 15) is 4.79 Å². The second-order valence-electron chi connectivity index (χ2n) is 7.23. The van der Waals surface area contributed by atoms with Crippen LogP contribution < -0.4 is 16.0 Å². The lowest BCUT2D eigenvalue weighted by molar-refractivity contribution is 0.0857. The molecule has 6 heteroatoms. The number of hydrogen-bond acceptors (Lipinski definition) is 3. The molecule has 1 atom stereocenters. The van der Waals surface area contributed by atoms with Crippen LogP contribution in [0, 0.1) is 0 Å². The van der Waals surface area contributed by atoms with Crippen molar-refractivity contribution in [2.75, 3.05) is 26.2 Å². The summed E-state index contributed by atoms with van der Waals surface area (Å²) in [6.45, 7) is 7.95. The zero-order valence-electron chi connectivity index (χ0n) is 17.4. The number of hydrogen-bond donors (Lipinski definition) is 3. The molecule has 0 radical (unpaired) electrons. The van der Waals surface area contributed by atoms with Crippen LogP contribution in [0.2, 0.25) is 0 Å². The van der Waals surface area contributed by atoms with Crippen LogP contribution in [-0.2, 0) is 11.3 Å². The molecule has 1 aromatic rings. The van der Waals surface area contributed by atoms with E-state index in [-0.39, 0.29) is 12.0 Å². The molecule has 0 bridgehead atoms. The monoisotopic (exact) mass is 388 g/mol. The van der Waals surface area contributed by atoms with Crippen LogP contribution in [0.1, 0.15) is 68.3 Å². The molecular weight excluding hydrogens is 352 g/mol. The van der Waals surface area contributed by atoms with Gasteiger partial charge in [0.05, 0.1) is 12.6 Å². The first-order valence-corrected chi connectivity index (χ1v) is 10.7. The van der Waals surface area contributed by atoms with Gasteiger partial charge in [-0.3, -0.25) is 4.79 Å². The Kier molecular flexibility index (Phi) is 10.4. The van der Waals surface area contributed by atoms with E-state index in [1.807, 2.05) is 24.3 Å². The molecule has 0 aromatic heterocycles. The summed E-state index contributed by atoms with van der Waals surface area (Å²) in [6.07, 6.45) is 7.17. The highest BCUT2D eigenvalue weighted by atomic mass is 16.5. The summed E-state index contributed by atoms with van der Waals surface area (Å²) >= 11 is 0. The maximum atomic E-state index is 12.4. The van der Waals surface area contributed by atoms with Gasteiger partial charge in [0, 0.05) is 31.8 Å². The Morgan fingerprint density at radius 2 is 2.07 bits per heavy atom. The van der Waals surface area contributed by atoms with Gasteiger partial charge in [0.25, 0.3) is 5.91 Å². The number of benzene rings is 1. The average molecular weight is 389 g/mol. The molecule has 28 heavy (non-hydrogen) atoms. The summed E-state index contributed by atoms with van der Waals surface area (Å²) in [5.41, 5.74) is 1.69. The van der Waals surface area contributed by atoms with E-state index in [2.05, 4.69) is 34.8 Å². The van der Waals surface area contributed by atoms with Crippen LogP contribution in [0.3, 0.4) is 0 Å². The number of unbranched alkanes of at least 4 members (excludes halogenated alkanes) is 3. The second kappa shape index (κ2) is 13.2. The molecule has 3 N–H and O–H groups in total. The highest BCUT2D eigenvalue weighted by molar-refractivity contribution is 5.94. The number of nitrogens with one attached hydrogen (secondary N) is 3. The van der Waals surface area contributed by atoms with Gasteiger partial charge >= 0.3 is 0 Å².